The van der Waals surface area contributed by atoms with Crippen molar-refractivity contribution in [3.05, 3.63) is 47.5 Å². The lowest BCUT2D eigenvalue weighted by atomic mass is 10.0. The van der Waals surface area contributed by atoms with E-state index in [-0.39, 0.29) is 23.1 Å². The van der Waals surface area contributed by atoms with Gasteiger partial charge in [-0.25, -0.2) is 0 Å². The van der Waals surface area contributed by atoms with Gasteiger partial charge in [0, 0.05) is 18.1 Å². The normalized spacial score (nSPS) is 9.76. The zero-order valence-corrected chi connectivity index (χ0v) is 20.8. The number of rotatable bonds is 13. The van der Waals surface area contributed by atoms with E-state index >= 15 is 0 Å². The largest absolute Gasteiger partial charge is 0.344 e. The van der Waals surface area contributed by atoms with Crippen molar-refractivity contribution in [1.29, 1.82) is 0 Å². The van der Waals surface area contributed by atoms with Crippen LogP contribution in [0.1, 0.15) is 101 Å². The van der Waals surface area contributed by atoms with E-state index in [0.29, 0.717) is 0 Å². The van der Waals surface area contributed by atoms with Gasteiger partial charge in [0.25, 0.3) is 0 Å². The summed E-state index contributed by atoms with van der Waals surface area (Å²) in [5.41, 5.74) is 3.86. The Balaban J connectivity index is 0. The van der Waals surface area contributed by atoms with E-state index in [2.05, 4.69) is 36.0 Å². The maximum atomic E-state index is 4.27. The predicted octanol–water partition coefficient (Wildman–Crippen LogP) is 8.09. The first-order valence-corrected chi connectivity index (χ1v) is 11.1. The van der Waals surface area contributed by atoms with Gasteiger partial charge in [0.05, 0.1) is 5.69 Å². The van der Waals surface area contributed by atoms with Crippen molar-refractivity contribution in [3.63, 3.8) is 0 Å². The quantitative estimate of drug-likeness (QED) is 0.291. The van der Waals surface area contributed by atoms with Crippen LogP contribution in [0.3, 0.4) is 0 Å². The number of aryl methyl sites for hydroxylation is 2. The van der Waals surface area contributed by atoms with Gasteiger partial charge in [0.1, 0.15) is 0 Å². The molecule has 0 aliphatic carbocycles. The van der Waals surface area contributed by atoms with Crippen molar-refractivity contribution in [1.82, 2.24) is 21.3 Å². The Kier molecular flexibility index (Phi) is 22.2. The molecule has 168 valence electrons. The standard InChI is InChI=1S/C19H36N2.C5H5N.BrH.H3N/c1-4-5-6-7-8-9-10-11-12-13-14-15-16-19-17(2)18(3)20-21-19;1-2-4-6-5-3-1;;/h4-16H2,1-3H3,(H,20,21);1-5H;1H;1H3. The highest BCUT2D eigenvalue weighted by atomic mass is 79.9. The Morgan fingerprint density at radius 3 is 1.55 bits per heavy atom. The van der Waals surface area contributed by atoms with Crippen LogP contribution in [-0.2, 0) is 6.42 Å². The second-order valence-electron chi connectivity index (χ2n) is 7.58. The molecule has 4 nitrogen and oxygen atoms in total. The van der Waals surface area contributed by atoms with E-state index in [1.54, 1.807) is 12.4 Å². The molecular formula is C24H45BrN4. The van der Waals surface area contributed by atoms with Crippen molar-refractivity contribution >= 4 is 17.0 Å². The van der Waals surface area contributed by atoms with Crippen LogP contribution < -0.4 is 6.15 Å². The summed E-state index contributed by atoms with van der Waals surface area (Å²) >= 11 is 0. The molecular weight excluding hydrogens is 424 g/mol. The van der Waals surface area contributed by atoms with Crippen LogP contribution in [0.4, 0.5) is 0 Å². The van der Waals surface area contributed by atoms with Crippen LogP contribution in [0.5, 0.6) is 0 Å². The third-order valence-corrected chi connectivity index (χ3v) is 5.20. The summed E-state index contributed by atoms with van der Waals surface area (Å²) in [6.07, 6.45) is 21.7. The van der Waals surface area contributed by atoms with Crippen LogP contribution in [0, 0.1) is 13.8 Å². The number of hydrogen-bond donors (Lipinski definition) is 2. The molecule has 0 saturated carbocycles. The van der Waals surface area contributed by atoms with Gasteiger partial charge in [-0.05, 0) is 44.4 Å². The fourth-order valence-electron chi connectivity index (χ4n) is 3.24. The van der Waals surface area contributed by atoms with Crippen LogP contribution in [0.25, 0.3) is 0 Å². The van der Waals surface area contributed by atoms with Crippen LogP contribution >= 0.6 is 17.0 Å². The average Bonchev–Trinajstić information content (AvgIpc) is 3.03. The van der Waals surface area contributed by atoms with Gasteiger partial charge in [-0.15, -0.1) is 17.0 Å². The molecule has 0 aromatic carbocycles. The van der Waals surface area contributed by atoms with Gasteiger partial charge >= 0.3 is 0 Å². The van der Waals surface area contributed by atoms with Gasteiger partial charge in [-0.3, -0.25) is 10.1 Å². The van der Waals surface area contributed by atoms with Gasteiger partial charge in [0.2, 0.25) is 0 Å². The number of aromatic nitrogens is 3. The Morgan fingerprint density at radius 1 is 0.724 bits per heavy atom. The summed E-state index contributed by atoms with van der Waals surface area (Å²) < 4.78 is 0. The second kappa shape index (κ2) is 21.5. The van der Waals surface area contributed by atoms with Gasteiger partial charge in [-0.2, -0.15) is 5.10 Å². The fraction of sp³-hybridized carbons (Fsp3) is 0.667. The number of H-pyrrole nitrogens is 1. The molecule has 0 spiro atoms. The zero-order chi connectivity index (χ0) is 19.6. The highest BCUT2D eigenvalue weighted by molar-refractivity contribution is 8.93. The van der Waals surface area contributed by atoms with E-state index in [1.807, 2.05) is 18.2 Å². The molecule has 4 N–H and O–H groups in total. The molecule has 0 aliphatic heterocycles. The summed E-state index contributed by atoms with van der Waals surface area (Å²) in [4.78, 5) is 3.78. The highest BCUT2D eigenvalue weighted by Gasteiger charge is 2.04. The molecule has 5 heteroatoms. The third-order valence-electron chi connectivity index (χ3n) is 5.20. The average molecular weight is 470 g/mol. The Hall–Kier alpha value is -1.20. The number of hydrogen-bond acceptors (Lipinski definition) is 3. The van der Waals surface area contributed by atoms with Gasteiger partial charge < -0.3 is 6.15 Å². The molecule has 0 saturated heterocycles. The number of nitrogens with one attached hydrogen (secondary N) is 1. The molecule has 0 aliphatic rings. The van der Waals surface area contributed by atoms with Crippen molar-refractivity contribution in [3.8, 4) is 0 Å². The minimum absolute atomic E-state index is 0. The minimum atomic E-state index is 0. The lowest BCUT2D eigenvalue weighted by Gasteiger charge is -2.03. The fourth-order valence-corrected chi connectivity index (χ4v) is 3.24. The zero-order valence-electron chi connectivity index (χ0n) is 19.1. The number of pyridine rings is 1. The SMILES string of the molecule is Br.CCCCCCCCCCCCCCc1[nH]nc(C)c1C.N.c1ccncc1. The first kappa shape index (κ1) is 30.0. The number of nitrogens with zero attached hydrogens (tertiary/aromatic N) is 2. The molecule has 2 aromatic heterocycles. The molecule has 0 fully saturated rings. The molecule has 2 aromatic rings. The predicted molar refractivity (Wildman–Crippen MR) is 132 cm³/mol. The number of halogens is 1. The molecule has 2 heterocycles. The third kappa shape index (κ3) is 16.3. The van der Waals surface area contributed by atoms with Gasteiger partial charge in [0.15, 0.2) is 0 Å². The van der Waals surface area contributed by atoms with E-state index in [9.17, 15) is 0 Å². The van der Waals surface area contributed by atoms with Crippen molar-refractivity contribution in [2.75, 3.05) is 0 Å². The summed E-state index contributed by atoms with van der Waals surface area (Å²) in [7, 11) is 0. The van der Waals surface area contributed by atoms with Crippen molar-refractivity contribution < 1.29 is 0 Å². The summed E-state index contributed by atoms with van der Waals surface area (Å²) in [5.74, 6) is 0. The van der Waals surface area contributed by atoms with E-state index in [1.165, 1.54) is 94.7 Å². The Bertz CT molecular complexity index is 531. The lowest BCUT2D eigenvalue weighted by Crippen LogP contribution is -1.89. The van der Waals surface area contributed by atoms with Crippen LogP contribution in [-0.4, -0.2) is 15.2 Å². The van der Waals surface area contributed by atoms with Crippen LogP contribution in [0.15, 0.2) is 30.6 Å². The van der Waals surface area contributed by atoms with E-state index in [0.717, 1.165) is 5.69 Å². The topological polar surface area (TPSA) is 76.6 Å². The summed E-state index contributed by atoms with van der Waals surface area (Å²) in [6, 6.07) is 5.72. The minimum Gasteiger partial charge on any atom is -0.344 e. The summed E-state index contributed by atoms with van der Waals surface area (Å²) in [6.45, 7) is 6.54. The van der Waals surface area contributed by atoms with Crippen LogP contribution in [0.2, 0.25) is 0 Å². The molecule has 0 bridgehead atoms. The monoisotopic (exact) mass is 468 g/mol. The molecule has 0 unspecified atom stereocenters. The van der Waals surface area contributed by atoms with Gasteiger partial charge in [-0.1, -0.05) is 83.6 Å². The maximum Gasteiger partial charge on any atom is 0.0623 e. The molecule has 2 rings (SSSR count). The molecule has 0 radical (unpaired) electrons. The van der Waals surface area contributed by atoms with Crippen molar-refractivity contribution in [2.24, 2.45) is 0 Å². The molecule has 29 heavy (non-hydrogen) atoms. The Labute approximate surface area is 190 Å². The van der Waals surface area contributed by atoms with Crippen molar-refractivity contribution in [2.45, 2.75) is 104 Å². The number of aromatic amines is 1. The smallest absolute Gasteiger partial charge is 0.0623 e. The first-order valence-electron chi connectivity index (χ1n) is 11.1. The number of unbranched alkanes of at least 4 members (excludes halogenated alkanes) is 11. The second-order valence-corrected chi connectivity index (χ2v) is 7.58. The first-order chi connectivity index (χ1) is 13.3. The highest BCUT2D eigenvalue weighted by Crippen LogP contribution is 2.14. The van der Waals surface area contributed by atoms with E-state index < -0.39 is 0 Å². The molecule has 0 amide bonds. The maximum absolute atomic E-state index is 4.27. The lowest BCUT2D eigenvalue weighted by molar-refractivity contribution is 0.543. The Morgan fingerprint density at radius 2 is 1.21 bits per heavy atom. The molecule has 0 atom stereocenters. The summed E-state index contributed by atoms with van der Waals surface area (Å²) in [5, 5.41) is 7.43. The van der Waals surface area contributed by atoms with E-state index in [4.69, 9.17) is 0 Å².